The van der Waals surface area contributed by atoms with E-state index in [0.29, 0.717) is 5.56 Å². The normalized spacial score (nSPS) is 26.2. The monoisotopic (exact) mass is 569 g/mol. The van der Waals surface area contributed by atoms with Crippen molar-refractivity contribution in [2.75, 3.05) is 12.9 Å². The van der Waals surface area contributed by atoms with E-state index in [4.69, 9.17) is 39.5 Å². The van der Waals surface area contributed by atoms with Gasteiger partial charge in [-0.05, 0) is 25.7 Å². The predicted octanol–water partition coefficient (Wildman–Crippen LogP) is 3.15. The smallest absolute Gasteiger partial charge is 0.408 e. The first kappa shape index (κ1) is 27.1. The number of alkyl halides is 3. The molecule has 0 aliphatic carbocycles. The van der Waals surface area contributed by atoms with Crippen molar-refractivity contribution < 1.29 is 29.0 Å². The molecule has 2 heterocycles. The maximum absolute atomic E-state index is 13.2. The van der Waals surface area contributed by atoms with Gasteiger partial charge in [0.25, 0.3) is 5.91 Å². The fourth-order valence-electron chi connectivity index (χ4n) is 4.01. The van der Waals surface area contributed by atoms with E-state index in [2.05, 4.69) is 10.6 Å². The standard InChI is InChI=1S/C20H22Cl3N3O6S2/c1-18(2)20(33-3,16(29)30)26-14(28)12(15(26)34-18)24-13(27)11(10-7-5-4-6-8-10)25-17(31)32-9-19(21,22)23/h4-8,11-12,15H,9H2,1-3H3,(H,24,27)(H,25,31)(H,29,30)/t11?,12-,15+,20+/m0/s1. The molecule has 0 spiro atoms. The first-order chi connectivity index (χ1) is 15.7. The van der Waals surface area contributed by atoms with E-state index in [9.17, 15) is 24.3 Å². The van der Waals surface area contributed by atoms with Gasteiger partial charge in [-0.3, -0.25) is 9.59 Å². The minimum Gasteiger partial charge on any atom is -0.479 e. The maximum Gasteiger partial charge on any atom is 0.408 e. The van der Waals surface area contributed by atoms with Crippen LogP contribution in [-0.4, -0.2) is 71.6 Å². The molecule has 186 valence electrons. The largest absolute Gasteiger partial charge is 0.479 e. The Bertz CT molecular complexity index is 994. The van der Waals surface area contributed by atoms with Crippen molar-refractivity contribution in [1.82, 2.24) is 15.5 Å². The van der Waals surface area contributed by atoms with Crippen LogP contribution in [0.25, 0.3) is 0 Å². The zero-order valence-corrected chi connectivity index (χ0v) is 22.1. The van der Waals surface area contributed by atoms with E-state index in [1.165, 1.54) is 16.7 Å². The molecule has 14 heteroatoms. The van der Waals surface area contributed by atoms with Gasteiger partial charge in [-0.1, -0.05) is 65.1 Å². The van der Waals surface area contributed by atoms with Gasteiger partial charge in [0.15, 0.2) is 0 Å². The van der Waals surface area contributed by atoms with Crippen LogP contribution in [0.2, 0.25) is 0 Å². The van der Waals surface area contributed by atoms with Gasteiger partial charge in [-0.15, -0.1) is 23.5 Å². The second-order valence-corrected chi connectivity index (χ2v) is 13.3. The number of amides is 3. The summed E-state index contributed by atoms with van der Waals surface area (Å²) in [7, 11) is 0. The number of carboxylic acid groups (broad SMARTS) is 1. The number of hydrogen-bond donors (Lipinski definition) is 3. The summed E-state index contributed by atoms with van der Waals surface area (Å²) in [6.45, 7) is 2.96. The number of ether oxygens (including phenoxy) is 1. The lowest BCUT2D eigenvalue weighted by atomic mass is 9.94. The van der Waals surface area contributed by atoms with Crippen LogP contribution in [-0.2, 0) is 19.1 Å². The molecular formula is C20H22Cl3N3O6S2. The number of alkyl carbamates (subject to hydrolysis) is 1. The molecule has 1 aromatic rings. The van der Waals surface area contributed by atoms with Crippen molar-refractivity contribution in [1.29, 1.82) is 0 Å². The molecule has 0 radical (unpaired) electrons. The number of thioether (sulfide) groups is 2. The van der Waals surface area contributed by atoms with Crippen LogP contribution in [0.15, 0.2) is 30.3 Å². The molecular weight excluding hydrogens is 549 g/mol. The predicted molar refractivity (Wildman–Crippen MR) is 132 cm³/mol. The summed E-state index contributed by atoms with van der Waals surface area (Å²) in [6.07, 6.45) is 0.636. The van der Waals surface area contributed by atoms with E-state index < -0.39 is 61.4 Å². The summed E-state index contributed by atoms with van der Waals surface area (Å²) in [5, 5.41) is 14.4. The summed E-state index contributed by atoms with van der Waals surface area (Å²) in [6, 6.07) is 6.14. The SMILES string of the molecule is CS[C@@]1(C(=O)O)N2C(=O)[C@H](NC(=O)C(NC(=O)OCC(Cl)(Cl)Cl)c3ccccc3)[C@H]2SC1(C)C. The highest BCUT2D eigenvalue weighted by Crippen LogP contribution is 2.60. The first-order valence-electron chi connectivity index (χ1n) is 9.90. The molecule has 34 heavy (non-hydrogen) atoms. The number of halogens is 3. The first-order valence-corrected chi connectivity index (χ1v) is 13.1. The number of carbonyl (C=O) groups is 4. The van der Waals surface area contributed by atoms with Crippen LogP contribution < -0.4 is 10.6 Å². The van der Waals surface area contributed by atoms with Gasteiger partial charge in [0.05, 0.1) is 4.75 Å². The Balaban J connectivity index is 1.78. The molecule has 2 saturated heterocycles. The molecule has 3 amide bonds. The van der Waals surface area contributed by atoms with E-state index in [0.717, 1.165) is 11.8 Å². The number of benzene rings is 1. The third-order valence-corrected chi connectivity index (χ3v) is 9.06. The van der Waals surface area contributed by atoms with Crippen molar-refractivity contribution in [3.05, 3.63) is 35.9 Å². The Morgan fingerprint density at radius 3 is 2.41 bits per heavy atom. The number of carbonyl (C=O) groups excluding carboxylic acids is 3. The zero-order valence-electron chi connectivity index (χ0n) is 18.2. The van der Waals surface area contributed by atoms with Gasteiger partial charge < -0.3 is 25.4 Å². The molecule has 0 saturated carbocycles. The molecule has 3 rings (SSSR count). The Morgan fingerprint density at radius 1 is 1.26 bits per heavy atom. The number of fused-ring (bicyclic) bond motifs is 1. The lowest BCUT2D eigenvalue weighted by Crippen LogP contribution is -2.74. The number of β-lactam (4-membered cyclic amide) rings is 1. The molecule has 0 bridgehead atoms. The zero-order chi connectivity index (χ0) is 25.5. The summed E-state index contributed by atoms with van der Waals surface area (Å²) >= 11 is 19.1. The van der Waals surface area contributed by atoms with Gasteiger partial charge in [0.1, 0.15) is 24.1 Å². The van der Waals surface area contributed by atoms with Gasteiger partial charge in [0.2, 0.25) is 14.6 Å². The van der Waals surface area contributed by atoms with Crippen molar-refractivity contribution in [3.8, 4) is 0 Å². The molecule has 1 aromatic carbocycles. The van der Waals surface area contributed by atoms with Crippen molar-refractivity contribution in [2.45, 2.75) is 44.7 Å². The van der Waals surface area contributed by atoms with E-state index >= 15 is 0 Å². The third kappa shape index (κ3) is 4.90. The summed E-state index contributed by atoms with van der Waals surface area (Å²) in [4.78, 5) is 50.4. The summed E-state index contributed by atoms with van der Waals surface area (Å²) < 4.78 is 2.21. The van der Waals surface area contributed by atoms with Crippen LogP contribution in [0.5, 0.6) is 0 Å². The van der Waals surface area contributed by atoms with E-state index in [1.807, 2.05) is 0 Å². The van der Waals surface area contributed by atoms with Crippen molar-refractivity contribution in [3.63, 3.8) is 0 Å². The van der Waals surface area contributed by atoms with Crippen LogP contribution in [0.4, 0.5) is 4.79 Å². The van der Waals surface area contributed by atoms with Gasteiger partial charge in [-0.2, -0.15) is 0 Å². The molecule has 9 nitrogen and oxygen atoms in total. The highest BCUT2D eigenvalue weighted by Gasteiger charge is 2.73. The minimum atomic E-state index is -1.83. The van der Waals surface area contributed by atoms with Crippen LogP contribution in [0, 0.1) is 0 Å². The lowest BCUT2D eigenvalue weighted by molar-refractivity contribution is -0.163. The fourth-order valence-corrected chi connectivity index (χ4v) is 7.33. The van der Waals surface area contributed by atoms with Crippen molar-refractivity contribution in [2.24, 2.45) is 0 Å². The van der Waals surface area contributed by atoms with E-state index in [1.54, 1.807) is 50.4 Å². The average Bonchev–Trinajstić information content (AvgIpc) is 2.98. The second kappa shape index (κ2) is 9.85. The summed E-state index contributed by atoms with van der Waals surface area (Å²) in [5.41, 5.74) is 0.429. The lowest BCUT2D eigenvalue weighted by Gasteiger charge is -2.49. The molecule has 4 atom stereocenters. The Labute approximate surface area is 219 Å². The quantitative estimate of drug-likeness (QED) is 0.337. The summed E-state index contributed by atoms with van der Waals surface area (Å²) in [5.74, 6) is -2.32. The number of aliphatic carboxylic acids is 1. The number of hydrogen-bond acceptors (Lipinski definition) is 7. The van der Waals surface area contributed by atoms with Crippen LogP contribution >= 0.6 is 58.3 Å². The van der Waals surface area contributed by atoms with Gasteiger partial charge in [0, 0.05) is 0 Å². The number of carboxylic acids is 1. The molecule has 2 aliphatic heterocycles. The molecule has 2 aliphatic rings. The maximum atomic E-state index is 13.2. The Kier molecular flexibility index (Phi) is 7.84. The second-order valence-electron chi connectivity index (χ2n) is 8.05. The number of nitrogens with zero attached hydrogens (tertiary/aromatic N) is 1. The number of nitrogens with one attached hydrogen (secondary N) is 2. The van der Waals surface area contributed by atoms with Gasteiger partial charge >= 0.3 is 12.1 Å². The van der Waals surface area contributed by atoms with Crippen molar-refractivity contribution >= 4 is 82.2 Å². The minimum absolute atomic E-state index is 0.429. The third-order valence-electron chi connectivity index (χ3n) is 5.52. The molecule has 1 unspecified atom stereocenters. The molecule has 0 aromatic heterocycles. The average molecular weight is 571 g/mol. The molecule has 2 fully saturated rings. The van der Waals surface area contributed by atoms with Crippen LogP contribution in [0.3, 0.4) is 0 Å². The highest BCUT2D eigenvalue weighted by molar-refractivity contribution is 8.06. The number of rotatable bonds is 7. The van der Waals surface area contributed by atoms with Crippen LogP contribution in [0.1, 0.15) is 25.5 Å². The van der Waals surface area contributed by atoms with Gasteiger partial charge in [-0.25, -0.2) is 9.59 Å². The topological polar surface area (TPSA) is 125 Å². The highest BCUT2D eigenvalue weighted by atomic mass is 35.6. The van der Waals surface area contributed by atoms with E-state index in [-0.39, 0.29) is 0 Å². The fraction of sp³-hybridized carbons (Fsp3) is 0.500. The Morgan fingerprint density at radius 2 is 1.88 bits per heavy atom. The molecule has 3 N–H and O–H groups in total. The Hall–Kier alpha value is -1.53.